The summed E-state index contributed by atoms with van der Waals surface area (Å²) in [6.07, 6.45) is 0.748. The number of likely N-dealkylation sites (N-methyl/N-ethyl adjacent to an activating group) is 1. The van der Waals surface area contributed by atoms with Crippen LogP contribution in [0.25, 0.3) is 0 Å². The van der Waals surface area contributed by atoms with Crippen molar-refractivity contribution in [2.24, 2.45) is 0 Å². The van der Waals surface area contributed by atoms with Crippen LogP contribution in [0.15, 0.2) is 30.3 Å². The van der Waals surface area contributed by atoms with Crippen LogP contribution in [0.3, 0.4) is 0 Å². The van der Waals surface area contributed by atoms with Crippen molar-refractivity contribution in [2.45, 2.75) is 33.2 Å². The molecule has 1 atom stereocenters. The number of hydrogen-bond acceptors (Lipinski definition) is 2. The Morgan fingerprint density at radius 3 is 2.33 bits per heavy atom. The van der Waals surface area contributed by atoms with Gasteiger partial charge < -0.3 is 5.32 Å². The fourth-order valence-electron chi connectivity index (χ4n) is 2.54. The molecule has 1 unspecified atom stereocenters. The first kappa shape index (κ1) is 16.3. The van der Waals surface area contributed by atoms with Crippen molar-refractivity contribution in [3.63, 3.8) is 0 Å². The number of benzene rings is 1. The van der Waals surface area contributed by atoms with Gasteiger partial charge in [0.25, 0.3) is 0 Å². The van der Waals surface area contributed by atoms with Crippen LogP contribution in [0.4, 0.5) is 0 Å². The number of nitrogens with one attached hydrogen (secondary N) is 1. The zero-order valence-electron chi connectivity index (χ0n) is 12.6. The predicted molar refractivity (Wildman–Crippen MR) is 90.3 cm³/mol. The lowest BCUT2D eigenvalue weighted by Crippen LogP contribution is -2.24. The third-order valence-electron chi connectivity index (χ3n) is 3.56. The van der Waals surface area contributed by atoms with E-state index in [1.807, 2.05) is 38.1 Å². The normalized spacial score (nSPS) is 12.4. The van der Waals surface area contributed by atoms with Crippen LogP contribution in [-0.2, 0) is 6.42 Å². The Balaban J connectivity index is 2.35. The molecule has 0 aliphatic heterocycles. The van der Waals surface area contributed by atoms with E-state index < -0.39 is 0 Å². The van der Waals surface area contributed by atoms with Gasteiger partial charge in [0.1, 0.15) is 0 Å². The predicted octanol–water partition coefficient (Wildman–Crippen LogP) is 4.90. The highest BCUT2D eigenvalue weighted by Crippen LogP contribution is 2.30. The van der Waals surface area contributed by atoms with Gasteiger partial charge in [-0.1, -0.05) is 42.3 Å². The van der Waals surface area contributed by atoms with Gasteiger partial charge >= 0.3 is 0 Å². The van der Waals surface area contributed by atoms with Crippen molar-refractivity contribution in [3.05, 3.63) is 62.9 Å². The molecule has 0 spiro atoms. The van der Waals surface area contributed by atoms with E-state index in [0.717, 1.165) is 29.9 Å². The topological polar surface area (TPSA) is 24.9 Å². The van der Waals surface area contributed by atoms with E-state index in [0.29, 0.717) is 10.0 Å². The van der Waals surface area contributed by atoms with Gasteiger partial charge in [0.2, 0.25) is 0 Å². The van der Waals surface area contributed by atoms with Crippen molar-refractivity contribution in [1.82, 2.24) is 10.3 Å². The summed E-state index contributed by atoms with van der Waals surface area (Å²) in [6.45, 7) is 7.02. The molecule has 0 fully saturated rings. The number of rotatable bonds is 5. The molecular formula is C17H20Cl2N2. The van der Waals surface area contributed by atoms with Crippen molar-refractivity contribution < 1.29 is 0 Å². The summed E-state index contributed by atoms with van der Waals surface area (Å²) < 4.78 is 0. The molecule has 0 aliphatic carbocycles. The molecule has 4 heteroatoms. The fourth-order valence-corrected chi connectivity index (χ4v) is 3.09. The highest BCUT2D eigenvalue weighted by molar-refractivity contribution is 6.36. The van der Waals surface area contributed by atoms with E-state index in [2.05, 4.69) is 23.3 Å². The summed E-state index contributed by atoms with van der Waals surface area (Å²) in [4.78, 5) is 4.56. The molecule has 2 aromatic rings. The van der Waals surface area contributed by atoms with Gasteiger partial charge in [-0.2, -0.15) is 0 Å². The molecule has 0 bridgehead atoms. The molecule has 21 heavy (non-hydrogen) atoms. The fraction of sp³-hybridized carbons (Fsp3) is 0.353. The van der Waals surface area contributed by atoms with E-state index in [-0.39, 0.29) is 6.04 Å². The van der Waals surface area contributed by atoms with Crippen molar-refractivity contribution in [3.8, 4) is 0 Å². The van der Waals surface area contributed by atoms with Crippen LogP contribution in [0.5, 0.6) is 0 Å². The Morgan fingerprint density at radius 1 is 1.10 bits per heavy atom. The van der Waals surface area contributed by atoms with Gasteiger partial charge in [-0.25, -0.2) is 0 Å². The standard InChI is InChI=1S/C17H20Cl2N2/c1-4-20-17(13-9-8-11(2)21-12(13)3)10-14-15(18)6-5-7-16(14)19/h5-9,17,20H,4,10H2,1-3H3. The van der Waals surface area contributed by atoms with E-state index in [1.165, 1.54) is 5.56 Å². The Bertz CT molecular complexity index is 606. The van der Waals surface area contributed by atoms with Gasteiger partial charge in [0.15, 0.2) is 0 Å². The lowest BCUT2D eigenvalue weighted by atomic mass is 9.97. The quantitative estimate of drug-likeness (QED) is 0.846. The van der Waals surface area contributed by atoms with Crippen molar-refractivity contribution in [2.75, 3.05) is 6.54 Å². The zero-order valence-corrected chi connectivity index (χ0v) is 14.1. The summed E-state index contributed by atoms with van der Waals surface area (Å²) >= 11 is 12.6. The van der Waals surface area contributed by atoms with Crippen LogP contribution in [0.2, 0.25) is 10.0 Å². The zero-order chi connectivity index (χ0) is 15.4. The highest BCUT2D eigenvalue weighted by atomic mass is 35.5. The summed E-state index contributed by atoms with van der Waals surface area (Å²) in [5.74, 6) is 0. The molecule has 1 aromatic carbocycles. The van der Waals surface area contributed by atoms with Crippen LogP contribution in [-0.4, -0.2) is 11.5 Å². The first-order chi connectivity index (χ1) is 10.0. The Hall–Kier alpha value is -1.09. The first-order valence-electron chi connectivity index (χ1n) is 7.13. The molecule has 2 rings (SSSR count). The number of aryl methyl sites for hydroxylation is 2. The maximum Gasteiger partial charge on any atom is 0.0453 e. The molecule has 1 heterocycles. The monoisotopic (exact) mass is 322 g/mol. The third kappa shape index (κ3) is 3.97. The third-order valence-corrected chi connectivity index (χ3v) is 4.27. The molecule has 1 aromatic heterocycles. The van der Waals surface area contributed by atoms with Crippen LogP contribution in [0, 0.1) is 13.8 Å². The van der Waals surface area contributed by atoms with E-state index >= 15 is 0 Å². The molecule has 112 valence electrons. The SMILES string of the molecule is CCNC(Cc1c(Cl)cccc1Cl)c1ccc(C)nc1C. The van der Waals surface area contributed by atoms with E-state index in [1.54, 1.807) is 0 Å². The number of pyridine rings is 1. The molecule has 0 radical (unpaired) electrons. The first-order valence-corrected chi connectivity index (χ1v) is 7.89. The average molecular weight is 323 g/mol. The number of hydrogen-bond donors (Lipinski definition) is 1. The Morgan fingerprint density at radius 2 is 1.76 bits per heavy atom. The minimum atomic E-state index is 0.153. The average Bonchev–Trinajstić information content (AvgIpc) is 2.42. The summed E-state index contributed by atoms with van der Waals surface area (Å²) in [5.41, 5.74) is 4.25. The highest BCUT2D eigenvalue weighted by Gasteiger charge is 2.17. The summed E-state index contributed by atoms with van der Waals surface area (Å²) in [6, 6.07) is 9.96. The maximum atomic E-state index is 6.30. The second-order valence-corrected chi connectivity index (χ2v) is 5.96. The second kappa shape index (κ2) is 7.26. The molecular weight excluding hydrogens is 303 g/mol. The van der Waals surface area contributed by atoms with Gasteiger partial charge in [0.05, 0.1) is 0 Å². The Labute approximate surface area is 136 Å². The number of halogens is 2. The lowest BCUT2D eigenvalue weighted by Gasteiger charge is -2.21. The van der Waals surface area contributed by atoms with Gasteiger partial charge in [-0.15, -0.1) is 0 Å². The molecule has 0 aliphatic rings. The lowest BCUT2D eigenvalue weighted by molar-refractivity contribution is 0.545. The van der Waals surface area contributed by atoms with Gasteiger partial charge in [0, 0.05) is 27.5 Å². The summed E-state index contributed by atoms with van der Waals surface area (Å²) in [5, 5.41) is 4.93. The van der Waals surface area contributed by atoms with Gasteiger partial charge in [-0.3, -0.25) is 4.98 Å². The molecule has 0 saturated carbocycles. The maximum absolute atomic E-state index is 6.30. The largest absolute Gasteiger partial charge is 0.310 e. The van der Waals surface area contributed by atoms with Gasteiger partial charge in [-0.05, 0) is 56.1 Å². The van der Waals surface area contributed by atoms with Crippen LogP contribution in [0.1, 0.15) is 35.5 Å². The second-order valence-electron chi connectivity index (χ2n) is 5.14. The van der Waals surface area contributed by atoms with Crippen LogP contribution < -0.4 is 5.32 Å². The van der Waals surface area contributed by atoms with E-state index in [4.69, 9.17) is 23.2 Å². The minimum absolute atomic E-state index is 0.153. The van der Waals surface area contributed by atoms with Crippen molar-refractivity contribution in [1.29, 1.82) is 0 Å². The molecule has 0 saturated heterocycles. The molecule has 1 N–H and O–H groups in total. The van der Waals surface area contributed by atoms with Crippen molar-refractivity contribution >= 4 is 23.2 Å². The number of aromatic nitrogens is 1. The molecule has 0 amide bonds. The minimum Gasteiger partial charge on any atom is -0.310 e. The Kier molecular flexibility index (Phi) is 5.63. The van der Waals surface area contributed by atoms with Crippen LogP contribution >= 0.6 is 23.2 Å². The smallest absolute Gasteiger partial charge is 0.0453 e. The molecule has 2 nitrogen and oxygen atoms in total. The van der Waals surface area contributed by atoms with E-state index in [9.17, 15) is 0 Å². The summed E-state index contributed by atoms with van der Waals surface area (Å²) in [7, 11) is 0. The number of nitrogens with zero attached hydrogens (tertiary/aromatic N) is 1.